The highest BCUT2D eigenvalue weighted by molar-refractivity contribution is 7.20. The van der Waals surface area contributed by atoms with Gasteiger partial charge in [-0.15, -0.1) is 0 Å². The van der Waals surface area contributed by atoms with Crippen LogP contribution in [0, 0.1) is 13.8 Å². The van der Waals surface area contributed by atoms with Crippen LogP contribution in [0.25, 0.3) is 15.3 Å². The number of hydrogen-bond acceptors (Lipinski definition) is 5. The molecule has 29 heavy (non-hydrogen) atoms. The van der Waals surface area contributed by atoms with E-state index in [4.69, 9.17) is 14.8 Å². The second-order valence-electron chi connectivity index (χ2n) is 7.31. The van der Waals surface area contributed by atoms with Crippen molar-refractivity contribution in [2.45, 2.75) is 26.2 Å². The lowest BCUT2D eigenvalue weighted by Crippen LogP contribution is -2.25. The third kappa shape index (κ3) is 2.98. The van der Waals surface area contributed by atoms with Crippen molar-refractivity contribution in [3.05, 3.63) is 64.8 Å². The van der Waals surface area contributed by atoms with Crippen LogP contribution in [0.5, 0.6) is 5.75 Å². The SMILES string of the molecule is COc1ccc2nc(-n3nc(C)c4c3NC(=O)CC4c3cccc(C)c3)sc2c1. The number of benzene rings is 2. The number of carbonyl (C=O) groups is 1. The molecule has 1 aliphatic heterocycles. The first-order valence-electron chi connectivity index (χ1n) is 9.44. The largest absolute Gasteiger partial charge is 0.497 e. The number of aryl methyl sites for hydroxylation is 2. The van der Waals surface area contributed by atoms with Crippen molar-refractivity contribution < 1.29 is 9.53 Å². The standard InChI is InChI=1S/C22H20N4O2S/c1-12-5-4-6-14(9-12)16-11-19(27)24-21-20(16)13(2)25-26(21)22-23-17-8-7-15(28-3)10-18(17)29-22/h4-10,16H,11H2,1-3H3,(H,24,27). The van der Waals surface area contributed by atoms with Crippen molar-refractivity contribution in [2.75, 3.05) is 12.4 Å². The number of nitrogens with one attached hydrogen (secondary N) is 1. The summed E-state index contributed by atoms with van der Waals surface area (Å²) >= 11 is 1.52. The highest BCUT2D eigenvalue weighted by Gasteiger charge is 2.33. The number of anilines is 1. The molecule has 1 atom stereocenters. The van der Waals surface area contributed by atoms with E-state index in [1.807, 2.05) is 31.2 Å². The van der Waals surface area contributed by atoms with Gasteiger partial charge in [0.25, 0.3) is 0 Å². The summed E-state index contributed by atoms with van der Waals surface area (Å²) in [5.41, 5.74) is 5.17. The minimum atomic E-state index is -0.0122. The van der Waals surface area contributed by atoms with Crippen LogP contribution in [0.4, 0.5) is 5.82 Å². The van der Waals surface area contributed by atoms with Crippen molar-refractivity contribution in [2.24, 2.45) is 0 Å². The highest BCUT2D eigenvalue weighted by atomic mass is 32.1. The maximum atomic E-state index is 12.6. The second kappa shape index (κ2) is 6.70. The van der Waals surface area contributed by atoms with Crippen molar-refractivity contribution >= 4 is 33.3 Å². The molecule has 5 rings (SSSR count). The molecular formula is C22H20N4O2S. The van der Waals surface area contributed by atoms with Gasteiger partial charge in [-0.3, -0.25) is 4.79 Å². The number of carbonyl (C=O) groups excluding carboxylic acids is 1. The van der Waals surface area contributed by atoms with E-state index >= 15 is 0 Å². The van der Waals surface area contributed by atoms with Gasteiger partial charge in [-0.05, 0) is 37.6 Å². The van der Waals surface area contributed by atoms with Crippen molar-refractivity contribution in [3.63, 3.8) is 0 Å². The van der Waals surface area contributed by atoms with Crippen LogP contribution in [0.3, 0.4) is 0 Å². The third-order valence-electron chi connectivity index (χ3n) is 5.31. The van der Waals surface area contributed by atoms with Crippen molar-refractivity contribution in [1.82, 2.24) is 14.8 Å². The predicted octanol–water partition coefficient (Wildman–Crippen LogP) is 4.58. The average molecular weight is 404 g/mol. The molecule has 0 spiro atoms. The van der Waals surface area contributed by atoms with Gasteiger partial charge >= 0.3 is 0 Å². The zero-order valence-corrected chi connectivity index (χ0v) is 17.2. The molecule has 1 unspecified atom stereocenters. The minimum absolute atomic E-state index is 0.00654. The third-order valence-corrected chi connectivity index (χ3v) is 6.31. The Morgan fingerprint density at radius 1 is 1.21 bits per heavy atom. The summed E-state index contributed by atoms with van der Waals surface area (Å²) < 4.78 is 8.10. The lowest BCUT2D eigenvalue weighted by Gasteiger charge is -2.24. The maximum Gasteiger partial charge on any atom is 0.226 e. The lowest BCUT2D eigenvalue weighted by atomic mass is 9.85. The molecule has 0 saturated heterocycles. The smallest absolute Gasteiger partial charge is 0.226 e. The zero-order chi connectivity index (χ0) is 20.1. The topological polar surface area (TPSA) is 69.0 Å². The molecule has 0 saturated carbocycles. The number of aromatic nitrogens is 3. The summed E-state index contributed by atoms with van der Waals surface area (Å²) in [4.78, 5) is 17.3. The summed E-state index contributed by atoms with van der Waals surface area (Å²) in [6.45, 7) is 4.06. The fourth-order valence-electron chi connectivity index (χ4n) is 3.97. The van der Waals surface area contributed by atoms with Crippen molar-refractivity contribution in [1.29, 1.82) is 0 Å². The van der Waals surface area contributed by atoms with Gasteiger partial charge in [0.15, 0.2) is 0 Å². The fraction of sp³-hybridized carbons (Fsp3) is 0.227. The van der Waals surface area contributed by atoms with Gasteiger partial charge in [-0.2, -0.15) is 9.78 Å². The number of nitrogens with zero attached hydrogens (tertiary/aromatic N) is 3. The van der Waals surface area contributed by atoms with E-state index in [-0.39, 0.29) is 11.8 Å². The van der Waals surface area contributed by atoms with Gasteiger partial charge in [0.1, 0.15) is 11.6 Å². The Hall–Kier alpha value is -3.19. The van der Waals surface area contributed by atoms with Gasteiger partial charge < -0.3 is 10.1 Å². The molecule has 0 fully saturated rings. The summed E-state index contributed by atoms with van der Waals surface area (Å²) in [6.07, 6.45) is 0.417. The van der Waals surface area contributed by atoms with Gasteiger partial charge in [0, 0.05) is 17.9 Å². The van der Waals surface area contributed by atoms with Gasteiger partial charge in [0.05, 0.1) is 23.0 Å². The number of ether oxygens (including phenoxy) is 1. The van der Waals surface area contributed by atoms with Gasteiger partial charge in [0.2, 0.25) is 11.0 Å². The Bertz CT molecular complexity index is 1260. The van der Waals surface area contributed by atoms with Crippen LogP contribution in [-0.2, 0) is 4.79 Å². The first kappa shape index (κ1) is 17.9. The fourth-order valence-corrected chi connectivity index (χ4v) is 4.92. The number of methoxy groups -OCH3 is 1. The average Bonchev–Trinajstić information content (AvgIpc) is 3.27. The van der Waals surface area contributed by atoms with Gasteiger partial charge in [-0.1, -0.05) is 41.2 Å². The Balaban J connectivity index is 1.66. The molecule has 0 bridgehead atoms. The Kier molecular flexibility index (Phi) is 4.13. The first-order chi connectivity index (χ1) is 14.0. The van der Waals surface area contributed by atoms with E-state index in [0.717, 1.165) is 43.7 Å². The van der Waals surface area contributed by atoms with E-state index in [0.29, 0.717) is 6.42 Å². The summed E-state index contributed by atoms with van der Waals surface area (Å²) in [5.74, 6) is 1.49. The maximum absolute atomic E-state index is 12.6. The Morgan fingerprint density at radius 3 is 2.86 bits per heavy atom. The molecule has 1 amide bonds. The molecule has 0 aliphatic carbocycles. The number of thiazole rings is 1. The van der Waals surface area contributed by atoms with Crippen LogP contribution >= 0.6 is 11.3 Å². The predicted molar refractivity (Wildman–Crippen MR) is 114 cm³/mol. The monoisotopic (exact) mass is 404 g/mol. The minimum Gasteiger partial charge on any atom is -0.497 e. The molecule has 4 aromatic rings. The molecule has 2 aromatic heterocycles. The number of fused-ring (bicyclic) bond motifs is 2. The Morgan fingerprint density at radius 2 is 2.07 bits per heavy atom. The molecule has 1 aliphatic rings. The first-order valence-corrected chi connectivity index (χ1v) is 10.3. The zero-order valence-electron chi connectivity index (χ0n) is 16.4. The Labute approximate surface area is 172 Å². The molecule has 7 heteroatoms. The van der Waals surface area contributed by atoms with Crippen molar-refractivity contribution in [3.8, 4) is 10.9 Å². The van der Waals surface area contributed by atoms with Crippen LogP contribution in [-0.4, -0.2) is 27.8 Å². The molecule has 146 valence electrons. The number of hydrogen-bond donors (Lipinski definition) is 1. The molecule has 0 radical (unpaired) electrons. The van der Waals surface area contributed by atoms with E-state index in [1.54, 1.807) is 11.8 Å². The van der Waals surface area contributed by atoms with E-state index in [2.05, 4.69) is 30.4 Å². The molecule has 6 nitrogen and oxygen atoms in total. The molecule has 2 aromatic carbocycles. The van der Waals surface area contributed by atoms with Gasteiger partial charge in [-0.25, -0.2) is 4.98 Å². The van der Waals surface area contributed by atoms with Crippen LogP contribution in [0.2, 0.25) is 0 Å². The molecule has 3 heterocycles. The van der Waals surface area contributed by atoms with E-state index in [9.17, 15) is 4.79 Å². The molecular weight excluding hydrogens is 384 g/mol. The van der Waals surface area contributed by atoms with Crippen LogP contribution < -0.4 is 10.1 Å². The highest BCUT2D eigenvalue weighted by Crippen LogP contribution is 2.41. The van der Waals surface area contributed by atoms with Crippen LogP contribution in [0.15, 0.2) is 42.5 Å². The normalized spacial score (nSPS) is 16.0. The summed E-state index contributed by atoms with van der Waals surface area (Å²) in [6, 6.07) is 14.1. The quantitative estimate of drug-likeness (QED) is 0.543. The molecule has 1 N–H and O–H groups in total. The second-order valence-corrected chi connectivity index (χ2v) is 8.32. The summed E-state index contributed by atoms with van der Waals surface area (Å²) in [5, 5.41) is 8.51. The lowest BCUT2D eigenvalue weighted by molar-refractivity contribution is -0.116. The summed E-state index contributed by atoms with van der Waals surface area (Å²) in [7, 11) is 1.65. The van der Waals surface area contributed by atoms with E-state index < -0.39 is 0 Å². The number of amides is 1. The number of rotatable bonds is 3. The van der Waals surface area contributed by atoms with E-state index in [1.165, 1.54) is 16.9 Å². The van der Waals surface area contributed by atoms with Crippen LogP contribution in [0.1, 0.15) is 34.7 Å².